The summed E-state index contributed by atoms with van der Waals surface area (Å²) in [4.78, 5) is 40.3. The van der Waals surface area contributed by atoms with Gasteiger partial charge in [-0.3, -0.25) is 15.0 Å². The van der Waals surface area contributed by atoms with Crippen LogP contribution in [0.4, 0.5) is 5.69 Å². The number of rotatable bonds is 11. The van der Waals surface area contributed by atoms with Crippen LogP contribution in [0.25, 0.3) is 0 Å². The SMILES string of the molecule is C=C/C=C(\C=C)C(c1ccccc1)N1CC(OC(=O)C2=C(N)NC(C)=C(C(=O)OC(C)C)C2c2cccc([N+](=O)[O-])c2)C1. The van der Waals surface area contributed by atoms with E-state index in [1.165, 1.54) is 18.2 Å². The van der Waals surface area contributed by atoms with Gasteiger partial charge in [0, 0.05) is 30.9 Å². The van der Waals surface area contributed by atoms with E-state index in [1.54, 1.807) is 39.0 Å². The maximum atomic E-state index is 13.8. The number of likely N-dealkylation sites (tertiary alicyclic amines) is 1. The van der Waals surface area contributed by atoms with Crippen LogP contribution in [0, 0.1) is 10.1 Å². The molecule has 0 bridgehead atoms. The number of benzene rings is 2. The first kappa shape index (κ1) is 31.0. The molecule has 224 valence electrons. The van der Waals surface area contributed by atoms with Crippen molar-refractivity contribution in [3.63, 3.8) is 0 Å². The molecular formula is C33H36N4O6. The van der Waals surface area contributed by atoms with E-state index >= 15 is 0 Å². The Kier molecular flexibility index (Phi) is 9.62. The summed E-state index contributed by atoms with van der Waals surface area (Å²) in [6.45, 7) is 13.7. The van der Waals surface area contributed by atoms with E-state index < -0.39 is 35.0 Å². The van der Waals surface area contributed by atoms with Crippen molar-refractivity contribution in [3.8, 4) is 0 Å². The predicted octanol–water partition coefficient (Wildman–Crippen LogP) is 4.94. The fraction of sp³-hybridized carbons (Fsp3) is 0.273. The number of allylic oxidation sites excluding steroid dienone is 3. The summed E-state index contributed by atoms with van der Waals surface area (Å²) >= 11 is 0. The van der Waals surface area contributed by atoms with E-state index in [-0.39, 0.29) is 28.7 Å². The summed E-state index contributed by atoms with van der Waals surface area (Å²) in [6.07, 6.45) is 4.50. The number of esters is 2. The normalized spacial score (nSPS) is 18.4. The highest BCUT2D eigenvalue weighted by atomic mass is 16.6. The highest BCUT2D eigenvalue weighted by molar-refractivity contribution is 6.00. The molecule has 2 unspecified atom stereocenters. The van der Waals surface area contributed by atoms with Gasteiger partial charge in [-0.15, -0.1) is 0 Å². The fourth-order valence-corrected chi connectivity index (χ4v) is 5.41. The first-order valence-corrected chi connectivity index (χ1v) is 13.9. The van der Waals surface area contributed by atoms with Crippen molar-refractivity contribution in [3.05, 3.63) is 135 Å². The van der Waals surface area contributed by atoms with Crippen molar-refractivity contribution in [1.29, 1.82) is 0 Å². The summed E-state index contributed by atoms with van der Waals surface area (Å²) in [7, 11) is 0. The van der Waals surface area contributed by atoms with Gasteiger partial charge in [0.25, 0.3) is 5.69 Å². The van der Waals surface area contributed by atoms with Crippen molar-refractivity contribution in [2.45, 2.75) is 44.9 Å². The molecule has 2 aromatic rings. The van der Waals surface area contributed by atoms with Crippen LogP contribution in [-0.2, 0) is 19.1 Å². The smallest absolute Gasteiger partial charge is 0.339 e. The van der Waals surface area contributed by atoms with Gasteiger partial charge in [-0.1, -0.05) is 73.9 Å². The summed E-state index contributed by atoms with van der Waals surface area (Å²) < 4.78 is 11.4. The third-order valence-electron chi connectivity index (χ3n) is 7.28. The first-order chi connectivity index (χ1) is 20.5. The van der Waals surface area contributed by atoms with Crippen molar-refractivity contribution in [2.75, 3.05) is 13.1 Å². The van der Waals surface area contributed by atoms with Crippen LogP contribution in [0.3, 0.4) is 0 Å². The number of nitrogens with zero attached hydrogens (tertiary/aromatic N) is 2. The van der Waals surface area contributed by atoms with E-state index in [1.807, 2.05) is 36.4 Å². The molecule has 0 saturated carbocycles. The Labute approximate surface area is 251 Å². The number of hydrogen-bond donors (Lipinski definition) is 2. The minimum atomic E-state index is -1.05. The largest absolute Gasteiger partial charge is 0.460 e. The number of nitro groups is 1. The number of dihydropyridines is 1. The van der Waals surface area contributed by atoms with Crippen LogP contribution in [0.5, 0.6) is 0 Å². The molecule has 0 aromatic heterocycles. The minimum Gasteiger partial charge on any atom is -0.460 e. The van der Waals surface area contributed by atoms with Crippen LogP contribution in [0.15, 0.2) is 114 Å². The van der Waals surface area contributed by atoms with Gasteiger partial charge < -0.3 is 20.5 Å². The lowest BCUT2D eigenvalue weighted by molar-refractivity contribution is -0.384. The number of carbonyl (C=O) groups is 2. The molecule has 4 rings (SSSR count). The number of nitrogens with one attached hydrogen (secondary N) is 1. The maximum Gasteiger partial charge on any atom is 0.339 e. The molecule has 0 spiro atoms. The third kappa shape index (κ3) is 6.76. The Morgan fingerprint density at radius 1 is 1.09 bits per heavy atom. The minimum absolute atomic E-state index is 0.00121. The van der Waals surface area contributed by atoms with Gasteiger partial charge in [-0.2, -0.15) is 0 Å². The van der Waals surface area contributed by atoms with Gasteiger partial charge in [0.05, 0.1) is 34.1 Å². The Hall–Kier alpha value is -4.96. The molecule has 43 heavy (non-hydrogen) atoms. The number of ether oxygens (including phenoxy) is 2. The Morgan fingerprint density at radius 3 is 2.40 bits per heavy atom. The third-order valence-corrected chi connectivity index (χ3v) is 7.28. The van der Waals surface area contributed by atoms with Gasteiger partial charge >= 0.3 is 11.9 Å². The zero-order valence-electron chi connectivity index (χ0n) is 24.5. The van der Waals surface area contributed by atoms with E-state index in [0.717, 1.165) is 11.1 Å². The van der Waals surface area contributed by atoms with E-state index in [9.17, 15) is 19.7 Å². The molecular weight excluding hydrogens is 548 g/mol. The van der Waals surface area contributed by atoms with Crippen LogP contribution < -0.4 is 11.1 Å². The summed E-state index contributed by atoms with van der Waals surface area (Å²) in [5, 5.41) is 14.5. The molecule has 2 aromatic carbocycles. The van der Waals surface area contributed by atoms with Crippen molar-refractivity contribution >= 4 is 17.6 Å². The van der Waals surface area contributed by atoms with Crippen molar-refractivity contribution in [1.82, 2.24) is 10.2 Å². The molecule has 1 saturated heterocycles. The van der Waals surface area contributed by atoms with Crippen molar-refractivity contribution < 1.29 is 24.0 Å². The topological polar surface area (TPSA) is 137 Å². The average molecular weight is 585 g/mol. The van der Waals surface area contributed by atoms with E-state index in [0.29, 0.717) is 24.4 Å². The molecule has 2 atom stereocenters. The standard InChI is InChI=1S/C33H36N4O6/c1-6-12-22(7-2)30(23-13-9-8-10-14-23)36-18-26(19-36)43-33(39)29-28(24-15-11-16-25(17-24)37(40)41)27(21(5)35-31(29)34)32(38)42-20(3)4/h6-17,20,26,28,30,35H,1-2,18-19,34H2,3-5H3/b22-12+. The van der Waals surface area contributed by atoms with Crippen molar-refractivity contribution in [2.24, 2.45) is 5.73 Å². The van der Waals surface area contributed by atoms with E-state index in [2.05, 4.69) is 23.4 Å². The molecule has 3 N–H and O–H groups in total. The van der Waals surface area contributed by atoms with Gasteiger partial charge in [0.1, 0.15) is 11.9 Å². The fourth-order valence-electron chi connectivity index (χ4n) is 5.41. The second-order valence-electron chi connectivity index (χ2n) is 10.6. The van der Waals surface area contributed by atoms with Crippen LogP contribution in [0.2, 0.25) is 0 Å². The van der Waals surface area contributed by atoms with Crippen LogP contribution in [0.1, 0.15) is 43.9 Å². The number of non-ortho nitro benzene ring substituents is 1. The highest BCUT2D eigenvalue weighted by Crippen LogP contribution is 2.40. The molecule has 10 heteroatoms. The summed E-state index contributed by atoms with van der Waals surface area (Å²) in [5.41, 5.74) is 8.99. The Balaban J connectivity index is 1.63. The second kappa shape index (κ2) is 13.3. The van der Waals surface area contributed by atoms with Gasteiger partial charge in [-0.05, 0) is 37.5 Å². The molecule has 0 amide bonds. The number of carbonyl (C=O) groups excluding carboxylic acids is 2. The van der Waals surface area contributed by atoms with Crippen LogP contribution in [-0.4, -0.2) is 47.1 Å². The van der Waals surface area contributed by atoms with Gasteiger partial charge in [0.15, 0.2) is 0 Å². The van der Waals surface area contributed by atoms with Gasteiger partial charge in [-0.25, -0.2) is 9.59 Å². The lowest BCUT2D eigenvalue weighted by Gasteiger charge is -2.44. The first-order valence-electron chi connectivity index (χ1n) is 13.9. The second-order valence-corrected chi connectivity index (χ2v) is 10.6. The number of nitro benzene ring substituents is 1. The Morgan fingerprint density at radius 2 is 1.79 bits per heavy atom. The Bertz CT molecular complexity index is 1520. The molecule has 1 fully saturated rings. The quantitative estimate of drug-likeness (QED) is 0.163. The zero-order valence-corrected chi connectivity index (χ0v) is 24.5. The summed E-state index contributed by atoms with van der Waals surface area (Å²) in [5.74, 6) is -2.44. The molecule has 0 aliphatic carbocycles. The average Bonchev–Trinajstić information content (AvgIpc) is 2.94. The number of nitrogens with two attached hydrogens (primary N) is 1. The molecule has 2 aliphatic heterocycles. The van der Waals surface area contributed by atoms with E-state index in [4.69, 9.17) is 15.2 Å². The summed E-state index contributed by atoms with van der Waals surface area (Å²) in [6, 6.07) is 15.6. The molecule has 10 nitrogen and oxygen atoms in total. The van der Waals surface area contributed by atoms with Gasteiger partial charge in [0.2, 0.25) is 0 Å². The lowest BCUT2D eigenvalue weighted by atomic mass is 9.81. The monoisotopic (exact) mass is 584 g/mol. The predicted molar refractivity (Wildman–Crippen MR) is 163 cm³/mol. The van der Waals surface area contributed by atoms with Crippen LogP contribution >= 0.6 is 0 Å². The maximum absolute atomic E-state index is 13.8. The zero-order chi connectivity index (χ0) is 31.3. The molecule has 0 radical (unpaired) electrons. The highest BCUT2D eigenvalue weighted by Gasteiger charge is 2.42. The lowest BCUT2D eigenvalue weighted by Crippen LogP contribution is -2.54. The molecule has 2 heterocycles. The molecule has 2 aliphatic rings. The number of hydrogen-bond acceptors (Lipinski definition) is 9.